The highest BCUT2D eigenvalue weighted by molar-refractivity contribution is 6.31. The van der Waals surface area contributed by atoms with E-state index < -0.39 is 0 Å². The molecule has 0 aliphatic carbocycles. The summed E-state index contributed by atoms with van der Waals surface area (Å²) in [5, 5.41) is 5.79. The monoisotopic (exact) mass is 356 g/mol. The van der Waals surface area contributed by atoms with Crippen LogP contribution in [0.3, 0.4) is 0 Å². The lowest BCUT2D eigenvalue weighted by Crippen LogP contribution is -2.22. The Morgan fingerprint density at radius 3 is 2.80 bits per heavy atom. The molecule has 6 heteroatoms. The molecule has 3 rings (SSSR count). The average Bonchev–Trinajstić information content (AvgIpc) is 3.06. The third-order valence-electron chi connectivity index (χ3n) is 4.08. The van der Waals surface area contributed by atoms with Gasteiger partial charge in [-0.3, -0.25) is 9.48 Å². The van der Waals surface area contributed by atoms with Crippen LogP contribution in [-0.4, -0.2) is 39.7 Å². The Morgan fingerprint density at radius 2 is 2.08 bits per heavy atom. The molecule has 0 radical (unpaired) electrons. The van der Waals surface area contributed by atoms with Crippen molar-refractivity contribution < 1.29 is 4.79 Å². The molecule has 3 aromatic rings. The van der Waals surface area contributed by atoms with Gasteiger partial charge >= 0.3 is 0 Å². The van der Waals surface area contributed by atoms with Crippen molar-refractivity contribution in [3.8, 4) is 11.3 Å². The molecule has 1 amide bonds. The van der Waals surface area contributed by atoms with Gasteiger partial charge in [0.25, 0.3) is 5.91 Å². The summed E-state index contributed by atoms with van der Waals surface area (Å²) in [4.78, 5) is 18.9. The summed E-state index contributed by atoms with van der Waals surface area (Å²) >= 11 is 6.12. The van der Waals surface area contributed by atoms with Crippen LogP contribution in [0.2, 0.25) is 5.02 Å². The molecule has 0 aliphatic rings. The largest absolute Gasteiger partial charge is 0.345 e. The summed E-state index contributed by atoms with van der Waals surface area (Å²) in [5.41, 5.74) is 2.94. The highest BCUT2D eigenvalue weighted by atomic mass is 35.5. The van der Waals surface area contributed by atoms with E-state index in [4.69, 9.17) is 16.6 Å². The number of pyridine rings is 1. The van der Waals surface area contributed by atoms with Gasteiger partial charge in [0.2, 0.25) is 0 Å². The Morgan fingerprint density at radius 1 is 1.28 bits per heavy atom. The maximum Gasteiger partial charge on any atom is 0.254 e. The van der Waals surface area contributed by atoms with Gasteiger partial charge in [-0.05, 0) is 24.6 Å². The van der Waals surface area contributed by atoms with Gasteiger partial charge in [0.1, 0.15) is 0 Å². The molecule has 0 aliphatic heterocycles. The van der Waals surface area contributed by atoms with E-state index in [0.29, 0.717) is 16.1 Å². The molecule has 2 aromatic heterocycles. The summed E-state index contributed by atoms with van der Waals surface area (Å²) in [6.45, 7) is 3.03. The smallest absolute Gasteiger partial charge is 0.254 e. The average molecular weight is 357 g/mol. The first-order chi connectivity index (χ1) is 12.0. The highest BCUT2D eigenvalue weighted by Gasteiger charge is 2.16. The number of rotatable bonds is 5. The van der Waals surface area contributed by atoms with Gasteiger partial charge in [0.05, 0.1) is 23.0 Å². The molecule has 0 bridgehead atoms. The van der Waals surface area contributed by atoms with Crippen LogP contribution in [0.4, 0.5) is 0 Å². The summed E-state index contributed by atoms with van der Waals surface area (Å²) < 4.78 is 1.91. The molecule has 130 valence electrons. The molecule has 25 heavy (non-hydrogen) atoms. The van der Waals surface area contributed by atoms with Crippen molar-refractivity contribution in [2.45, 2.75) is 26.3 Å². The van der Waals surface area contributed by atoms with E-state index in [9.17, 15) is 4.79 Å². The number of amides is 1. The molecule has 0 atom stereocenters. The van der Waals surface area contributed by atoms with Crippen molar-refractivity contribution in [2.75, 3.05) is 14.1 Å². The van der Waals surface area contributed by atoms with E-state index in [2.05, 4.69) is 12.0 Å². The van der Waals surface area contributed by atoms with Gasteiger partial charge in [-0.15, -0.1) is 0 Å². The van der Waals surface area contributed by atoms with Crippen molar-refractivity contribution >= 4 is 28.4 Å². The number of aryl methyl sites for hydroxylation is 1. The lowest BCUT2D eigenvalue weighted by Gasteiger charge is -2.13. The maximum atomic E-state index is 12.6. The number of unbranched alkanes of at least 4 members (excludes halogenated alkanes) is 1. The Hall–Kier alpha value is -2.40. The number of hydrogen-bond acceptors (Lipinski definition) is 3. The minimum absolute atomic E-state index is 0.0608. The first-order valence-corrected chi connectivity index (χ1v) is 8.72. The highest BCUT2D eigenvalue weighted by Crippen LogP contribution is 2.27. The zero-order valence-corrected chi connectivity index (χ0v) is 15.4. The lowest BCUT2D eigenvalue weighted by atomic mass is 10.0. The molecule has 0 N–H and O–H groups in total. The third kappa shape index (κ3) is 3.66. The number of carbonyl (C=O) groups is 1. The van der Waals surface area contributed by atoms with Crippen molar-refractivity contribution in [2.24, 2.45) is 0 Å². The number of fused-ring (bicyclic) bond motifs is 1. The molecule has 5 nitrogen and oxygen atoms in total. The SMILES string of the molecule is CCCCn1cc(-c2cc(C(=O)N(C)C)c3ccc(Cl)cc3n2)cn1. The first kappa shape index (κ1) is 17.4. The van der Waals surface area contributed by atoms with Gasteiger partial charge in [0, 0.05) is 42.8 Å². The van der Waals surface area contributed by atoms with Gasteiger partial charge in [-0.2, -0.15) is 5.10 Å². The lowest BCUT2D eigenvalue weighted by molar-refractivity contribution is 0.0829. The van der Waals surface area contributed by atoms with Crippen LogP contribution >= 0.6 is 11.6 Å². The van der Waals surface area contributed by atoms with E-state index in [1.54, 1.807) is 37.3 Å². The van der Waals surface area contributed by atoms with E-state index >= 15 is 0 Å². The van der Waals surface area contributed by atoms with Crippen LogP contribution in [0.5, 0.6) is 0 Å². The van der Waals surface area contributed by atoms with E-state index in [1.165, 1.54) is 0 Å². The Bertz CT molecular complexity index is 917. The fraction of sp³-hybridized carbons (Fsp3) is 0.316. The zero-order chi connectivity index (χ0) is 18.0. The minimum Gasteiger partial charge on any atom is -0.345 e. The summed E-state index contributed by atoms with van der Waals surface area (Å²) in [7, 11) is 3.49. The van der Waals surface area contributed by atoms with Gasteiger partial charge < -0.3 is 4.90 Å². The van der Waals surface area contributed by atoms with Crippen LogP contribution in [0.25, 0.3) is 22.2 Å². The van der Waals surface area contributed by atoms with Crippen LogP contribution < -0.4 is 0 Å². The van der Waals surface area contributed by atoms with Crippen LogP contribution in [0.15, 0.2) is 36.7 Å². The molecule has 0 saturated heterocycles. The predicted octanol–water partition coefficient (Wildman–Crippen LogP) is 4.25. The number of nitrogens with zero attached hydrogens (tertiary/aromatic N) is 4. The number of halogens is 1. The third-order valence-corrected chi connectivity index (χ3v) is 4.31. The van der Waals surface area contributed by atoms with Crippen molar-refractivity contribution in [3.63, 3.8) is 0 Å². The molecule has 0 unspecified atom stereocenters. The number of benzene rings is 1. The predicted molar refractivity (Wildman–Crippen MR) is 101 cm³/mol. The second-order valence-electron chi connectivity index (χ2n) is 6.26. The quantitative estimate of drug-likeness (QED) is 0.686. The Kier molecular flexibility index (Phi) is 5.04. The molecule has 1 aromatic carbocycles. The van der Waals surface area contributed by atoms with E-state index in [0.717, 1.165) is 36.0 Å². The number of aromatic nitrogens is 3. The number of hydrogen-bond donors (Lipinski definition) is 0. The second kappa shape index (κ2) is 7.23. The van der Waals surface area contributed by atoms with Crippen LogP contribution in [0, 0.1) is 0 Å². The summed E-state index contributed by atoms with van der Waals surface area (Å²) in [6, 6.07) is 7.24. The second-order valence-corrected chi connectivity index (χ2v) is 6.70. The van der Waals surface area contributed by atoms with Crippen molar-refractivity contribution in [1.82, 2.24) is 19.7 Å². The standard InChI is InChI=1S/C19H21ClN4O/c1-4-5-8-24-12-13(11-21-24)17-10-16(19(25)23(2)3)15-7-6-14(20)9-18(15)22-17/h6-7,9-12H,4-5,8H2,1-3H3. The van der Waals surface area contributed by atoms with Crippen LogP contribution in [0.1, 0.15) is 30.1 Å². The molecular formula is C19H21ClN4O. The van der Waals surface area contributed by atoms with E-state index in [-0.39, 0.29) is 5.91 Å². The topological polar surface area (TPSA) is 51.0 Å². The van der Waals surface area contributed by atoms with Gasteiger partial charge in [-0.1, -0.05) is 31.0 Å². The summed E-state index contributed by atoms with van der Waals surface area (Å²) in [5.74, 6) is -0.0608. The fourth-order valence-corrected chi connectivity index (χ4v) is 2.87. The molecule has 0 spiro atoms. The first-order valence-electron chi connectivity index (χ1n) is 8.34. The normalized spacial score (nSPS) is 11.0. The fourth-order valence-electron chi connectivity index (χ4n) is 2.71. The number of carbonyl (C=O) groups excluding carboxylic acids is 1. The summed E-state index contributed by atoms with van der Waals surface area (Å²) in [6.07, 6.45) is 5.95. The molecular weight excluding hydrogens is 336 g/mol. The maximum absolute atomic E-state index is 12.6. The molecule has 2 heterocycles. The Balaban J connectivity index is 2.12. The van der Waals surface area contributed by atoms with Crippen LogP contribution in [-0.2, 0) is 6.54 Å². The molecule has 0 saturated carbocycles. The molecule has 0 fully saturated rings. The van der Waals surface area contributed by atoms with Gasteiger partial charge in [0.15, 0.2) is 0 Å². The van der Waals surface area contributed by atoms with Crippen molar-refractivity contribution in [1.29, 1.82) is 0 Å². The minimum atomic E-state index is -0.0608. The van der Waals surface area contributed by atoms with E-state index in [1.807, 2.05) is 23.0 Å². The van der Waals surface area contributed by atoms with Crippen molar-refractivity contribution in [3.05, 3.63) is 47.2 Å². The zero-order valence-electron chi connectivity index (χ0n) is 14.7. The Labute approximate surface area is 152 Å². The van der Waals surface area contributed by atoms with Gasteiger partial charge in [-0.25, -0.2) is 4.98 Å².